The Morgan fingerprint density at radius 3 is 2.62 bits per heavy atom. The van der Waals surface area contributed by atoms with Crippen LogP contribution in [0.4, 0.5) is 4.79 Å². The number of thioether (sulfide) groups is 1. The lowest BCUT2D eigenvalue weighted by Gasteiger charge is -2.43. The van der Waals surface area contributed by atoms with Crippen LogP contribution in [0.2, 0.25) is 5.02 Å². The summed E-state index contributed by atoms with van der Waals surface area (Å²) in [7, 11) is 3.68. The van der Waals surface area contributed by atoms with E-state index in [0.29, 0.717) is 28.1 Å². The number of aliphatic imine (C=N–C) groups is 1. The second-order valence-electron chi connectivity index (χ2n) is 10.8. The maximum absolute atomic E-state index is 12.1. The summed E-state index contributed by atoms with van der Waals surface area (Å²) in [6.07, 6.45) is 4.92. The number of likely N-dealkylation sites (N-methyl/N-ethyl adjacent to an activating group) is 1. The average molecular weight is 545 g/mol. The summed E-state index contributed by atoms with van der Waals surface area (Å²) in [5.41, 5.74) is 0.653. The zero-order chi connectivity index (χ0) is 27.0. The molecule has 0 atom stereocenters. The molecule has 0 saturated carbocycles. The van der Waals surface area contributed by atoms with Crippen molar-refractivity contribution in [1.29, 1.82) is 0 Å². The number of fused-ring (bicyclic) bond motifs is 1. The van der Waals surface area contributed by atoms with E-state index in [4.69, 9.17) is 21.3 Å². The maximum Gasteiger partial charge on any atom is 0.407 e. The number of guanidine groups is 1. The van der Waals surface area contributed by atoms with Gasteiger partial charge in [-0.15, -0.1) is 0 Å². The SMILES string of the molecule is CN1C(=C=O)C(Sc2ccc3nn(C)cc3c2Cl)=CN=C1N1CCC(C)(CNC(=O)OC(C)(C)C)CC1. The molecule has 2 aromatic rings. The van der Waals surface area contributed by atoms with E-state index in [2.05, 4.69) is 28.2 Å². The highest BCUT2D eigenvalue weighted by molar-refractivity contribution is 8.03. The van der Waals surface area contributed by atoms with E-state index in [1.807, 2.05) is 53.2 Å². The molecule has 0 aliphatic carbocycles. The zero-order valence-electron chi connectivity index (χ0n) is 22.1. The molecule has 4 rings (SSSR count). The van der Waals surface area contributed by atoms with Crippen molar-refractivity contribution in [1.82, 2.24) is 24.9 Å². The van der Waals surface area contributed by atoms with Gasteiger partial charge in [0.15, 0.2) is 5.94 Å². The topological polar surface area (TPSA) is 92.1 Å². The molecular weight excluding hydrogens is 512 g/mol. The summed E-state index contributed by atoms with van der Waals surface area (Å²) in [5, 5.41) is 8.75. The molecule has 0 radical (unpaired) electrons. The number of benzene rings is 1. The highest BCUT2D eigenvalue weighted by Crippen LogP contribution is 2.41. The van der Waals surface area contributed by atoms with Gasteiger partial charge in [-0.05, 0) is 51.2 Å². The third kappa shape index (κ3) is 6.14. The second kappa shape index (κ2) is 10.4. The average Bonchev–Trinajstić information content (AvgIpc) is 3.21. The Bertz CT molecular complexity index is 1310. The van der Waals surface area contributed by atoms with Gasteiger partial charge in [0.1, 0.15) is 11.3 Å². The smallest absolute Gasteiger partial charge is 0.407 e. The summed E-state index contributed by atoms with van der Waals surface area (Å²) >= 11 is 8.04. The van der Waals surface area contributed by atoms with Crippen molar-refractivity contribution in [3.8, 4) is 0 Å². The third-order valence-corrected chi connectivity index (χ3v) is 8.10. The number of nitrogens with zero attached hydrogens (tertiary/aromatic N) is 5. The van der Waals surface area contributed by atoms with Gasteiger partial charge in [-0.3, -0.25) is 4.68 Å². The first kappa shape index (κ1) is 27.1. The molecular formula is C26H33ClN6O3S. The number of rotatable bonds is 4. The summed E-state index contributed by atoms with van der Waals surface area (Å²) in [5.74, 6) is 2.80. The quantitative estimate of drug-likeness (QED) is 0.552. The predicted octanol–water partition coefficient (Wildman–Crippen LogP) is 4.80. The monoisotopic (exact) mass is 544 g/mol. The van der Waals surface area contributed by atoms with Gasteiger partial charge in [0.05, 0.1) is 15.4 Å². The van der Waals surface area contributed by atoms with Gasteiger partial charge in [0.25, 0.3) is 0 Å². The molecule has 2 aliphatic rings. The molecule has 198 valence electrons. The van der Waals surface area contributed by atoms with Gasteiger partial charge >= 0.3 is 6.09 Å². The molecule has 0 bridgehead atoms. The van der Waals surface area contributed by atoms with Gasteiger partial charge in [0, 0.05) is 56.4 Å². The molecule has 1 aromatic carbocycles. The Morgan fingerprint density at radius 2 is 1.97 bits per heavy atom. The molecule has 3 heterocycles. The van der Waals surface area contributed by atoms with Crippen LogP contribution < -0.4 is 5.32 Å². The van der Waals surface area contributed by atoms with Crippen molar-refractivity contribution in [3.05, 3.63) is 40.2 Å². The van der Waals surface area contributed by atoms with E-state index >= 15 is 0 Å². The second-order valence-corrected chi connectivity index (χ2v) is 12.3. The lowest BCUT2D eigenvalue weighted by molar-refractivity contribution is 0.0481. The molecule has 9 nitrogen and oxygen atoms in total. The molecule has 1 fully saturated rings. The fraction of sp³-hybridized carbons (Fsp3) is 0.500. The number of hydrogen-bond acceptors (Lipinski definition) is 8. The van der Waals surface area contributed by atoms with E-state index in [1.54, 1.807) is 15.8 Å². The van der Waals surface area contributed by atoms with Crippen molar-refractivity contribution in [2.45, 2.75) is 51.0 Å². The first-order valence-electron chi connectivity index (χ1n) is 12.2. The Kier molecular flexibility index (Phi) is 7.65. The van der Waals surface area contributed by atoms with Gasteiger partial charge in [-0.1, -0.05) is 30.3 Å². The van der Waals surface area contributed by atoms with E-state index in [0.717, 1.165) is 41.7 Å². The Balaban J connectivity index is 1.44. The van der Waals surface area contributed by atoms with Crippen LogP contribution >= 0.6 is 23.4 Å². The summed E-state index contributed by atoms with van der Waals surface area (Å²) in [4.78, 5) is 34.3. The van der Waals surface area contributed by atoms with Crippen molar-refractivity contribution in [2.75, 3.05) is 26.7 Å². The lowest BCUT2D eigenvalue weighted by Crippen LogP contribution is -2.51. The standard InChI is InChI=1S/C26H33ClN6O3S/c1-25(2,3)36-24(35)29-16-26(4)9-11-33(12-10-26)23-28-13-21(19(15-34)32(23)6)37-20-8-7-18-17(22(20)27)14-31(5)30-18/h7-8,13-14H,9-12,16H2,1-6H3,(H,29,35). The van der Waals surface area contributed by atoms with Gasteiger partial charge in [0.2, 0.25) is 5.96 Å². The van der Waals surface area contributed by atoms with Crippen molar-refractivity contribution < 1.29 is 14.3 Å². The molecule has 0 unspecified atom stereocenters. The Labute approximate surface area is 226 Å². The van der Waals surface area contributed by atoms with E-state index in [9.17, 15) is 9.59 Å². The van der Waals surface area contributed by atoms with Crippen molar-refractivity contribution in [3.63, 3.8) is 0 Å². The molecule has 2 aliphatic heterocycles. The molecule has 1 aromatic heterocycles. The normalized spacial score (nSPS) is 17.9. The molecule has 1 saturated heterocycles. The van der Waals surface area contributed by atoms with Crippen LogP contribution in [0.1, 0.15) is 40.5 Å². The van der Waals surface area contributed by atoms with Crippen LogP contribution in [0.3, 0.4) is 0 Å². The van der Waals surface area contributed by atoms with Crippen molar-refractivity contribution in [2.24, 2.45) is 17.5 Å². The van der Waals surface area contributed by atoms with Crippen LogP contribution in [0.5, 0.6) is 0 Å². The number of halogens is 1. The van der Waals surface area contributed by atoms with E-state index in [1.165, 1.54) is 11.8 Å². The fourth-order valence-corrected chi connectivity index (χ4v) is 5.67. The number of aryl methyl sites for hydroxylation is 1. The minimum absolute atomic E-state index is 0.0525. The molecule has 0 spiro atoms. The summed E-state index contributed by atoms with van der Waals surface area (Å²) in [6, 6.07) is 3.82. The summed E-state index contributed by atoms with van der Waals surface area (Å²) < 4.78 is 7.09. The highest BCUT2D eigenvalue weighted by Gasteiger charge is 2.35. The minimum atomic E-state index is -0.524. The van der Waals surface area contributed by atoms with Gasteiger partial charge in [-0.2, -0.15) is 5.10 Å². The Hall–Kier alpha value is -2.94. The minimum Gasteiger partial charge on any atom is -0.444 e. The number of carbonyl (C=O) groups excluding carboxylic acids is 2. The number of piperidine rings is 1. The fourth-order valence-electron chi connectivity index (χ4n) is 4.40. The number of aromatic nitrogens is 2. The summed E-state index contributed by atoms with van der Waals surface area (Å²) in [6.45, 7) is 9.76. The molecule has 1 N–H and O–H groups in total. The predicted molar refractivity (Wildman–Crippen MR) is 147 cm³/mol. The number of likely N-dealkylation sites (tertiary alicyclic amines) is 1. The third-order valence-electron chi connectivity index (χ3n) is 6.50. The van der Waals surface area contributed by atoms with E-state index < -0.39 is 11.7 Å². The maximum atomic E-state index is 12.1. The number of amides is 1. The molecule has 37 heavy (non-hydrogen) atoms. The van der Waals surface area contributed by atoms with Crippen LogP contribution in [-0.2, 0) is 16.6 Å². The van der Waals surface area contributed by atoms with Crippen LogP contribution in [-0.4, -0.2) is 69.9 Å². The zero-order valence-corrected chi connectivity index (χ0v) is 23.7. The largest absolute Gasteiger partial charge is 0.444 e. The van der Waals surface area contributed by atoms with Crippen LogP contribution in [0.25, 0.3) is 10.9 Å². The first-order valence-corrected chi connectivity index (χ1v) is 13.4. The number of carbonyl (C=O) groups is 1. The molecule has 11 heteroatoms. The van der Waals surface area contributed by atoms with Crippen LogP contribution in [0, 0.1) is 5.41 Å². The number of ether oxygens (including phenoxy) is 1. The Morgan fingerprint density at radius 1 is 1.27 bits per heavy atom. The lowest BCUT2D eigenvalue weighted by atomic mass is 9.80. The number of hydrogen-bond donors (Lipinski definition) is 1. The van der Waals surface area contributed by atoms with Crippen molar-refractivity contribution >= 4 is 52.3 Å². The first-order chi connectivity index (χ1) is 17.4. The van der Waals surface area contributed by atoms with Crippen LogP contribution in [0.15, 0.2) is 45.0 Å². The number of alkyl carbamates (subject to hydrolysis) is 1. The van der Waals surface area contributed by atoms with Gasteiger partial charge in [-0.25, -0.2) is 14.6 Å². The molecule has 1 amide bonds. The number of nitrogens with one attached hydrogen (secondary N) is 1. The highest BCUT2D eigenvalue weighted by atomic mass is 35.5. The van der Waals surface area contributed by atoms with E-state index in [-0.39, 0.29) is 5.41 Å². The van der Waals surface area contributed by atoms with Gasteiger partial charge < -0.3 is 19.9 Å².